The molecule has 0 aliphatic heterocycles. The van der Waals surface area contributed by atoms with Crippen molar-refractivity contribution in [1.29, 1.82) is 0 Å². The van der Waals surface area contributed by atoms with Crippen LogP contribution in [-0.2, 0) is 0 Å². The molecule has 1 aromatic rings. The Morgan fingerprint density at radius 2 is 2.00 bits per heavy atom. The largest absolute Gasteiger partial charge is 0.324 e. The van der Waals surface area contributed by atoms with Gasteiger partial charge in [0.1, 0.15) is 5.82 Å². The van der Waals surface area contributed by atoms with Gasteiger partial charge in [0.15, 0.2) is 0 Å². The molecule has 0 bridgehead atoms. The summed E-state index contributed by atoms with van der Waals surface area (Å²) >= 11 is 5.77. The Morgan fingerprint density at radius 3 is 2.61 bits per heavy atom. The van der Waals surface area contributed by atoms with E-state index in [1.54, 1.807) is 12.1 Å². The third-order valence-electron chi connectivity index (χ3n) is 4.47. The molecule has 1 aliphatic rings. The predicted octanol–water partition coefficient (Wildman–Crippen LogP) is 4.55. The second-order valence-corrected chi connectivity index (χ2v) is 6.16. The minimum absolute atomic E-state index is 0.211. The summed E-state index contributed by atoms with van der Waals surface area (Å²) in [6.07, 6.45) is 3.37. The molecule has 0 heterocycles. The van der Waals surface area contributed by atoms with E-state index >= 15 is 0 Å². The fourth-order valence-corrected chi connectivity index (χ4v) is 3.10. The summed E-state index contributed by atoms with van der Waals surface area (Å²) in [5, 5.41) is 0.425. The normalized spacial score (nSPS) is 30.2. The molecule has 2 N–H and O–H groups in total. The van der Waals surface area contributed by atoms with Crippen molar-refractivity contribution in [3.63, 3.8) is 0 Å². The van der Waals surface area contributed by atoms with E-state index in [2.05, 4.69) is 13.8 Å². The molecule has 4 atom stereocenters. The molecule has 18 heavy (non-hydrogen) atoms. The van der Waals surface area contributed by atoms with E-state index < -0.39 is 0 Å². The average Bonchev–Trinajstić information content (AvgIpc) is 2.32. The van der Waals surface area contributed by atoms with Crippen molar-refractivity contribution < 1.29 is 4.39 Å². The van der Waals surface area contributed by atoms with Crippen LogP contribution in [0.2, 0.25) is 5.02 Å². The topological polar surface area (TPSA) is 26.0 Å². The fraction of sp³-hybridized carbons (Fsp3) is 0.600. The van der Waals surface area contributed by atoms with Crippen LogP contribution < -0.4 is 5.73 Å². The average molecular weight is 270 g/mol. The van der Waals surface area contributed by atoms with E-state index in [4.69, 9.17) is 17.3 Å². The Balaban J connectivity index is 2.13. The minimum Gasteiger partial charge on any atom is -0.324 e. The summed E-state index contributed by atoms with van der Waals surface area (Å²) in [6.45, 7) is 4.55. The Morgan fingerprint density at radius 1 is 1.28 bits per heavy atom. The van der Waals surface area contributed by atoms with E-state index in [1.807, 2.05) is 0 Å². The number of hydrogen-bond acceptors (Lipinski definition) is 1. The highest BCUT2D eigenvalue weighted by Gasteiger charge is 2.30. The Kier molecular flexibility index (Phi) is 4.29. The van der Waals surface area contributed by atoms with Crippen LogP contribution in [0.1, 0.15) is 44.7 Å². The van der Waals surface area contributed by atoms with E-state index in [9.17, 15) is 4.39 Å². The van der Waals surface area contributed by atoms with Crippen LogP contribution in [0, 0.1) is 23.6 Å². The number of rotatable bonds is 2. The molecule has 100 valence electrons. The van der Waals surface area contributed by atoms with E-state index in [1.165, 1.54) is 12.5 Å². The lowest BCUT2D eigenvalue weighted by Crippen LogP contribution is -2.30. The summed E-state index contributed by atoms with van der Waals surface area (Å²) in [6, 6.07) is 4.59. The van der Waals surface area contributed by atoms with Gasteiger partial charge >= 0.3 is 0 Å². The molecule has 0 aromatic heterocycles. The van der Waals surface area contributed by atoms with Crippen LogP contribution in [0.3, 0.4) is 0 Å². The lowest BCUT2D eigenvalue weighted by atomic mass is 9.72. The van der Waals surface area contributed by atoms with Gasteiger partial charge < -0.3 is 5.73 Å². The summed E-state index contributed by atoms with van der Waals surface area (Å²) < 4.78 is 13.9. The molecule has 2 rings (SSSR count). The van der Waals surface area contributed by atoms with Crippen LogP contribution in [0.5, 0.6) is 0 Å². The van der Waals surface area contributed by atoms with Gasteiger partial charge in [0.2, 0.25) is 0 Å². The van der Waals surface area contributed by atoms with Gasteiger partial charge in [-0.1, -0.05) is 37.9 Å². The quantitative estimate of drug-likeness (QED) is 0.837. The molecule has 1 aliphatic carbocycles. The van der Waals surface area contributed by atoms with E-state index in [-0.39, 0.29) is 11.9 Å². The highest BCUT2D eigenvalue weighted by atomic mass is 35.5. The van der Waals surface area contributed by atoms with Crippen molar-refractivity contribution in [2.24, 2.45) is 23.5 Å². The third kappa shape index (κ3) is 2.86. The second-order valence-electron chi connectivity index (χ2n) is 5.72. The SMILES string of the molecule is CC1CCC(C(N)c2ccc(Cl)cc2F)CC1C. The molecule has 1 fully saturated rings. The summed E-state index contributed by atoms with van der Waals surface area (Å²) in [7, 11) is 0. The third-order valence-corrected chi connectivity index (χ3v) is 4.70. The van der Waals surface area contributed by atoms with Crippen molar-refractivity contribution >= 4 is 11.6 Å². The van der Waals surface area contributed by atoms with Crippen molar-refractivity contribution in [1.82, 2.24) is 0 Å². The first-order chi connectivity index (χ1) is 8.49. The van der Waals surface area contributed by atoms with Crippen molar-refractivity contribution in [2.75, 3.05) is 0 Å². The molecular formula is C15H21ClFN. The molecular weight excluding hydrogens is 249 g/mol. The van der Waals surface area contributed by atoms with Crippen LogP contribution in [0.15, 0.2) is 18.2 Å². The van der Waals surface area contributed by atoms with Crippen LogP contribution in [-0.4, -0.2) is 0 Å². The predicted molar refractivity (Wildman–Crippen MR) is 74.0 cm³/mol. The van der Waals surface area contributed by atoms with Gasteiger partial charge in [0, 0.05) is 16.6 Å². The minimum atomic E-state index is -0.277. The first-order valence-corrected chi connectivity index (χ1v) is 7.07. The van der Waals surface area contributed by atoms with Crippen molar-refractivity contribution in [3.8, 4) is 0 Å². The van der Waals surface area contributed by atoms with Gasteiger partial charge in [0.05, 0.1) is 0 Å². The summed E-state index contributed by atoms with van der Waals surface area (Å²) in [4.78, 5) is 0. The number of hydrogen-bond donors (Lipinski definition) is 1. The second kappa shape index (κ2) is 5.58. The zero-order chi connectivity index (χ0) is 13.3. The van der Waals surface area contributed by atoms with Gasteiger partial charge in [-0.3, -0.25) is 0 Å². The lowest BCUT2D eigenvalue weighted by Gasteiger charge is -2.35. The number of nitrogens with two attached hydrogens (primary N) is 1. The number of benzene rings is 1. The zero-order valence-electron chi connectivity index (χ0n) is 11.0. The fourth-order valence-electron chi connectivity index (χ4n) is 2.94. The maximum atomic E-state index is 13.9. The van der Waals surface area contributed by atoms with Gasteiger partial charge in [-0.15, -0.1) is 0 Å². The molecule has 1 nitrogen and oxygen atoms in total. The molecule has 1 aromatic carbocycles. The Bertz CT molecular complexity index is 421. The molecule has 0 saturated heterocycles. The molecule has 3 heteroatoms. The van der Waals surface area contributed by atoms with Crippen LogP contribution in [0.25, 0.3) is 0 Å². The summed E-state index contributed by atoms with van der Waals surface area (Å²) in [5.41, 5.74) is 6.85. The van der Waals surface area contributed by atoms with Crippen LogP contribution in [0.4, 0.5) is 4.39 Å². The molecule has 0 amide bonds. The Labute approximate surface area is 114 Å². The van der Waals surface area contributed by atoms with Crippen LogP contribution >= 0.6 is 11.6 Å². The molecule has 0 spiro atoms. The lowest BCUT2D eigenvalue weighted by molar-refractivity contribution is 0.184. The maximum Gasteiger partial charge on any atom is 0.129 e. The first kappa shape index (κ1) is 13.8. The van der Waals surface area contributed by atoms with Gasteiger partial charge in [0.25, 0.3) is 0 Å². The summed E-state index contributed by atoms with van der Waals surface area (Å²) in [5.74, 6) is 1.53. The van der Waals surface area contributed by atoms with E-state index in [0.717, 1.165) is 18.8 Å². The van der Waals surface area contributed by atoms with Gasteiger partial charge in [-0.25, -0.2) is 4.39 Å². The molecule has 0 radical (unpaired) electrons. The smallest absolute Gasteiger partial charge is 0.129 e. The Hall–Kier alpha value is -0.600. The zero-order valence-corrected chi connectivity index (χ0v) is 11.8. The monoisotopic (exact) mass is 269 g/mol. The van der Waals surface area contributed by atoms with Crippen molar-refractivity contribution in [3.05, 3.63) is 34.6 Å². The van der Waals surface area contributed by atoms with Crippen molar-refractivity contribution in [2.45, 2.75) is 39.2 Å². The first-order valence-electron chi connectivity index (χ1n) is 6.69. The molecule has 4 unspecified atom stereocenters. The standard InChI is InChI=1S/C15H21ClFN/c1-9-3-4-11(7-10(9)2)15(18)13-6-5-12(16)8-14(13)17/h5-6,8-11,15H,3-4,7,18H2,1-2H3. The van der Waals surface area contributed by atoms with E-state index in [0.29, 0.717) is 22.4 Å². The highest BCUT2D eigenvalue weighted by molar-refractivity contribution is 6.30. The molecule has 1 saturated carbocycles. The van der Waals surface area contributed by atoms with Gasteiger partial charge in [-0.05, 0) is 42.7 Å². The highest BCUT2D eigenvalue weighted by Crippen LogP contribution is 2.39. The maximum absolute atomic E-state index is 13.9. The van der Waals surface area contributed by atoms with Gasteiger partial charge in [-0.2, -0.15) is 0 Å². The number of halogens is 2.